The Morgan fingerprint density at radius 2 is 1.36 bits per heavy atom. The van der Waals surface area contributed by atoms with Crippen LogP contribution in [0.25, 0.3) is 0 Å². The summed E-state index contributed by atoms with van der Waals surface area (Å²) in [6, 6.07) is 0. The Morgan fingerprint density at radius 1 is 0.667 bits per heavy atom. The van der Waals surface area contributed by atoms with Gasteiger partial charge in [0.2, 0.25) is 0 Å². The van der Waals surface area contributed by atoms with Crippen molar-refractivity contribution in [2.45, 2.75) is 150 Å². The second-order valence-corrected chi connectivity index (χ2v) is 12.7. The van der Waals surface area contributed by atoms with Gasteiger partial charge >= 0.3 is 0 Å². The van der Waals surface area contributed by atoms with Crippen LogP contribution < -0.4 is 0 Å². The van der Waals surface area contributed by atoms with Crippen LogP contribution in [0.1, 0.15) is 45.4 Å². The Hall–Kier alpha value is -0.600. The Kier molecular flexibility index (Phi) is 10.5. The van der Waals surface area contributed by atoms with E-state index in [2.05, 4.69) is 0 Å². The van der Waals surface area contributed by atoms with Crippen LogP contribution in [-0.2, 0) is 18.9 Å². The average Bonchev–Trinajstić information content (AvgIpc) is 2.95. The number of fused-ring (bicyclic) bond motifs is 1. The molecule has 3 aliphatic heterocycles. The molecule has 5 aliphatic rings. The Balaban J connectivity index is 1.29. The van der Waals surface area contributed by atoms with Crippen molar-refractivity contribution in [1.82, 2.24) is 0 Å². The summed E-state index contributed by atoms with van der Waals surface area (Å²) in [4.78, 5) is 0. The minimum atomic E-state index is -1.70. The number of rotatable bonds is 6. The Bertz CT molecular complexity index is 882. The molecule has 0 spiro atoms. The third-order valence-corrected chi connectivity index (χ3v) is 9.78. The summed E-state index contributed by atoms with van der Waals surface area (Å²) >= 11 is 0. The van der Waals surface area contributed by atoms with Crippen LogP contribution in [0.3, 0.4) is 0 Å². The van der Waals surface area contributed by atoms with Gasteiger partial charge in [-0.25, -0.2) is 0 Å². The molecule has 2 saturated carbocycles. The second-order valence-electron chi connectivity index (χ2n) is 12.7. The van der Waals surface area contributed by atoms with Gasteiger partial charge in [0.15, 0.2) is 24.8 Å². The third-order valence-electron chi connectivity index (χ3n) is 9.78. The molecule has 5 rings (SSSR count). The monoisotopic (exact) mass is 611 g/mol. The molecular weight excluding hydrogens is 564 g/mol. The van der Waals surface area contributed by atoms with Crippen molar-refractivity contribution < 1.29 is 74.7 Å². The molecule has 2 aliphatic carbocycles. The number of ether oxygens (including phenoxy) is 5. The van der Waals surface area contributed by atoms with E-state index in [4.69, 9.17) is 23.7 Å². The van der Waals surface area contributed by atoms with Gasteiger partial charge in [0.25, 0.3) is 0 Å². The minimum absolute atomic E-state index is 0.189. The molecule has 5 fully saturated rings. The SMILES string of the molecule is C[C@H]1O[C@@H](OC[C@H]2O[C@H](OC3CC4C(O)CC(O)CC4[OH+]C3C3CCC(O)C(O)C3)[C@H](O)[C@@H](O)[C@H]2O)[C@@H](O)[C@H](O)[C@H]1O. The molecule has 3 heterocycles. The van der Waals surface area contributed by atoms with Gasteiger partial charge in [0, 0.05) is 18.8 Å². The molecule has 0 aromatic carbocycles. The molecule has 0 bridgehead atoms. The summed E-state index contributed by atoms with van der Waals surface area (Å²) in [5.74, 6) is -0.535. The first-order chi connectivity index (χ1) is 19.8. The molecule has 3 saturated heterocycles. The van der Waals surface area contributed by atoms with Gasteiger partial charge in [0.1, 0.15) is 48.8 Å². The zero-order valence-corrected chi connectivity index (χ0v) is 23.5. The lowest BCUT2D eigenvalue weighted by molar-refractivity contribution is -0.362. The molecule has 0 amide bonds. The highest BCUT2D eigenvalue weighted by Crippen LogP contribution is 2.42. The number of aliphatic hydroxyl groups is 12. The van der Waals surface area contributed by atoms with Gasteiger partial charge in [-0.15, -0.1) is 0 Å². The molecular formula is C27H47O15+. The highest BCUT2D eigenvalue weighted by atomic mass is 16.7. The van der Waals surface area contributed by atoms with E-state index in [0.29, 0.717) is 25.7 Å². The number of aliphatic hydroxyl groups excluding tert-OH is 10. The van der Waals surface area contributed by atoms with E-state index >= 15 is 0 Å². The topological polar surface area (TPSA) is 252 Å². The molecule has 0 aromatic heterocycles. The molecule has 15 nitrogen and oxygen atoms in total. The number of hydrogen-bond donors (Lipinski definition) is 10. The van der Waals surface area contributed by atoms with Crippen molar-refractivity contribution in [3.63, 3.8) is 0 Å². The summed E-state index contributed by atoms with van der Waals surface area (Å²) in [7, 11) is 0. The fourth-order valence-electron chi connectivity index (χ4n) is 7.18. The summed E-state index contributed by atoms with van der Waals surface area (Å²) in [5.41, 5.74) is 0. The maximum atomic E-state index is 10.8. The molecule has 244 valence electrons. The molecule has 15 heteroatoms. The van der Waals surface area contributed by atoms with Crippen molar-refractivity contribution in [2.75, 3.05) is 6.61 Å². The van der Waals surface area contributed by atoms with Gasteiger partial charge in [-0.1, -0.05) is 0 Å². The quantitative estimate of drug-likeness (QED) is 0.127. The maximum Gasteiger partial charge on any atom is 0.187 e. The van der Waals surface area contributed by atoms with Crippen molar-refractivity contribution in [2.24, 2.45) is 11.8 Å². The van der Waals surface area contributed by atoms with Gasteiger partial charge in [-0.2, -0.15) is 0 Å². The smallest absolute Gasteiger partial charge is 0.187 e. The van der Waals surface area contributed by atoms with Crippen LogP contribution in [-0.4, -0.2) is 167 Å². The third kappa shape index (κ3) is 6.66. The number of hydrogen-bond acceptors (Lipinski definition) is 14. The summed E-state index contributed by atoms with van der Waals surface area (Å²) in [5, 5.41) is 104. The summed E-state index contributed by atoms with van der Waals surface area (Å²) < 4.78 is 28.0. The lowest BCUT2D eigenvalue weighted by Gasteiger charge is -2.48. The van der Waals surface area contributed by atoms with E-state index in [0.717, 1.165) is 0 Å². The highest BCUT2D eigenvalue weighted by Gasteiger charge is 2.55. The lowest BCUT2D eigenvalue weighted by Crippen LogP contribution is -2.63. The highest BCUT2D eigenvalue weighted by molar-refractivity contribution is 4.98. The van der Waals surface area contributed by atoms with Gasteiger partial charge in [0.05, 0.1) is 43.0 Å². The predicted octanol–water partition coefficient (Wildman–Crippen LogP) is -4.65. The van der Waals surface area contributed by atoms with Crippen LogP contribution in [0.5, 0.6) is 0 Å². The van der Waals surface area contributed by atoms with Crippen molar-refractivity contribution in [3.8, 4) is 0 Å². The summed E-state index contributed by atoms with van der Waals surface area (Å²) in [6.07, 6.45) is -17.3. The van der Waals surface area contributed by atoms with E-state index in [1.54, 1.807) is 0 Å². The molecule has 11 N–H and O–H groups in total. The zero-order valence-electron chi connectivity index (χ0n) is 23.5. The van der Waals surface area contributed by atoms with Gasteiger partial charge in [-0.3, -0.25) is 0 Å². The van der Waals surface area contributed by atoms with Gasteiger partial charge in [-0.05, 0) is 32.6 Å². The molecule has 0 radical (unpaired) electrons. The van der Waals surface area contributed by atoms with Crippen LogP contribution in [0.2, 0.25) is 0 Å². The van der Waals surface area contributed by atoms with E-state index < -0.39 is 105 Å². The van der Waals surface area contributed by atoms with Crippen molar-refractivity contribution >= 4 is 0 Å². The lowest BCUT2D eigenvalue weighted by atomic mass is 9.72. The minimum Gasteiger partial charge on any atom is -0.427 e. The van der Waals surface area contributed by atoms with Crippen molar-refractivity contribution in [1.29, 1.82) is 0 Å². The average molecular weight is 612 g/mol. The Morgan fingerprint density at radius 3 is 2.07 bits per heavy atom. The Labute approximate surface area is 243 Å². The van der Waals surface area contributed by atoms with E-state index in [-0.39, 0.29) is 30.8 Å². The van der Waals surface area contributed by atoms with Gasteiger partial charge < -0.3 is 74.7 Å². The standard InChI is InChI=1S/C27H46O15/c1-9-19(32)21(34)23(36)26(39-9)38-8-18-20(33)22(35)24(37)27(42-18)41-17-7-12-14(30)5-11(28)6-16(12)40-25(17)10-2-3-13(29)15(31)4-10/h9-37H,2-8H2,1H3/p+1/t9-,10?,11?,12?,13?,14?,15?,16?,17?,18-,19+,20+,21-,22+,23+,24-,25?,26-,27+/m1/s1. The maximum absolute atomic E-state index is 10.8. The fourth-order valence-corrected chi connectivity index (χ4v) is 7.18. The normalized spacial score (nSPS) is 55.6. The second kappa shape index (κ2) is 13.4. The van der Waals surface area contributed by atoms with E-state index in [1.807, 2.05) is 0 Å². The van der Waals surface area contributed by atoms with Crippen LogP contribution >= 0.6 is 0 Å². The van der Waals surface area contributed by atoms with E-state index in [9.17, 15) is 51.1 Å². The molecule has 9 unspecified atom stereocenters. The fraction of sp³-hybridized carbons (Fsp3) is 1.00. The van der Waals surface area contributed by atoms with Crippen LogP contribution in [0, 0.1) is 11.8 Å². The molecule has 0 aromatic rings. The predicted molar refractivity (Wildman–Crippen MR) is 138 cm³/mol. The molecule has 19 atom stereocenters. The van der Waals surface area contributed by atoms with E-state index in [1.165, 1.54) is 6.92 Å². The van der Waals surface area contributed by atoms with Crippen LogP contribution in [0.4, 0.5) is 0 Å². The molecule has 42 heavy (non-hydrogen) atoms. The van der Waals surface area contributed by atoms with Crippen molar-refractivity contribution in [3.05, 3.63) is 0 Å². The zero-order chi connectivity index (χ0) is 30.5. The van der Waals surface area contributed by atoms with Crippen LogP contribution in [0.15, 0.2) is 0 Å². The first-order valence-corrected chi connectivity index (χ1v) is 14.9. The summed E-state index contributed by atoms with van der Waals surface area (Å²) in [6.45, 7) is 1.05. The first-order valence-electron chi connectivity index (χ1n) is 14.9. The largest absolute Gasteiger partial charge is 0.427 e. The first kappa shape index (κ1) is 32.8.